The maximum absolute atomic E-state index is 11.4. The molecule has 0 unspecified atom stereocenters. The molecule has 8 nitrogen and oxygen atoms in total. The third-order valence-electron chi connectivity index (χ3n) is 2.07. The molecule has 3 N–H and O–H groups in total. The van der Waals surface area contributed by atoms with Gasteiger partial charge in [-0.1, -0.05) is 0 Å². The van der Waals surface area contributed by atoms with Crippen LogP contribution in [0.1, 0.15) is 27.7 Å². The van der Waals surface area contributed by atoms with Gasteiger partial charge >= 0.3 is 6.01 Å². The van der Waals surface area contributed by atoms with Crippen molar-refractivity contribution in [2.75, 3.05) is 30.3 Å². The molecule has 0 aliphatic heterocycles. The summed E-state index contributed by atoms with van der Waals surface area (Å²) in [6, 6.07) is 0.226. The standard InChI is InChI=1S/C12H22N6O2/c1-5-13-9(19)7-15-11-16-10(14-6-2)17-12(18-11)20-8(3)4/h8H,5-7H2,1-4H3,(H,13,19)(H2,14,15,16,17,18). The summed E-state index contributed by atoms with van der Waals surface area (Å²) in [6.45, 7) is 8.94. The summed E-state index contributed by atoms with van der Waals surface area (Å²) in [5, 5.41) is 8.52. The molecule has 20 heavy (non-hydrogen) atoms. The summed E-state index contributed by atoms with van der Waals surface area (Å²) < 4.78 is 5.45. The number of nitrogens with one attached hydrogen (secondary N) is 3. The molecule has 1 aromatic rings. The van der Waals surface area contributed by atoms with E-state index in [9.17, 15) is 4.79 Å². The molecule has 0 saturated heterocycles. The Labute approximate surface area is 118 Å². The van der Waals surface area contributed by atoms with Gasteiger partial charge in [-0.2, -0.15) is 15.0 Å². The molecule has 0 radical (unpaired) electrons. The van der Waals surface area contributed by atoms with Crippen molar-refractivity contribution in [2.45, 2.75) is 33.8 Å². The Bertz CT molecular complexity index is 438. The summed E-state index contributed by atoms with van der Waals surface area (Å²) >= 11 is 0. The topological polar surface area (TPSA) is 101 Å². The van der Waals surface area contributed by atoms with Gasteiger partial charge in [0.1, 0.15) is 0 Å². The number of nitrogens with zero attached hydrogens (tertiary/aromatic N) is 3. The van der Waals surface area contributed by atoms with Crippen LogP contribution in [-0.4, -0.2) is 46.6 Å². The van der Waals surface area contributed by atoms with Crippen molar-refractivity contribution in [3.05, 3.63) is 0 Å². The van der Waals surface area contributed by atoms with Crippen molar-refractivity contribution in [1.29, 1.82) is 0 Å². The average Bonchev–Trinajstić information content (AvgIpc) is 2.36. The van der Waals surface area contributed by atoms with E-state index in [0.717, 1.165) is 0 Å². The first kappa shape index (κ1) is 15.9. The van der Waals surface area contributed by atoms with Crippen molar-refractivity contribution < 1.29 is 9.53 Å². The lowest BCUT2D eigenvalue weighted by Gasteiger charge is -2.11. The minimum Gasteiger partial charge on any atom is -0.461 e. The van der Waals surface area contributed by atoms with E-state index in [4.69, 9.17) is 4.74 Å². The number of anilines is 2. The average molecular weight is 282 g/mol. The van der Waals surface area contributed by atoms with Crippen molar-refractivity contribution in [1.82, 2.24) is 20.3 Å². The number of ether oxygens (including phenoxy) is 1. The third-order valence-corrected chi connectivity index (χ3v) is 2.07. The summed E-state index contributed by atoms with van der Waals surface area (Å²) in [7, 11) is 0. The van der Waals surface area contributed by atoms with Gasteiger partial charge < -0.3 is 20.7 Å². The highest BCUT2D eigenvalue weighted by molar-refractivity contribution is 5.80. The fraction of sp³-hybridized carbons (Fsp3) is 0.667. The van der Waals surface area contributed by atoms with Gasteiger partial charge in [0.15, 0.2) is 0 Å². The lowest BCUT2D eigenvalue weighted by atomic mass is 10.5. The Morgan fingerprint density at radius 3 is 2.30 bits per heavy atom. The van der Waals surface area contributed by atoms with Gasteiger partial charge in [-0.3, -0.25) is 4.79 Å². The van der Waals surface area contributed by atoms with E-state index in [1.165, 1.54) is 0 Å². The second-order valence-corrected chi connectivity index (χ2v) is 4.27. The summed E-state index contributed by atoms with van der Waals surface area (Å²) in [4.78, 5) is 23.8. The normalized spacial score (nSPS) is 10.2. The zero-order valence-electron chi connectivity index (χ0n) is 12.4. The number of aromatic nitrogens is 3. The Morgan fingerprint density at radius 2 is 1.75 bits per heavy atom. The van der Waals surface area contributed by atoms with Crippen LogP contribution < -0.4 is 20.7 Å². The predicted molar refractivity (Wildman–Crippen MR) is 76.9 cm³/mol. The quantitative estimate of drug-likeness (QED) is 0.643. The molecule has 8 heteroatoms. The molecule has 1 aromatic heterocycles. The molecule has 0 bridgehead atoms. The fourth-order valence-electron chi connectivity index (χ4n) is 1.36. The first-order chi connectivity index (χ1) is 9.55. The van der Waals surface area contributed by atoms with E-state index >= 15 is 0 Å². The zero-order chi connectivity index (χ0) is 15.0. The van der Waals surface area contributed by atoms with E-state index in [1.54, 1.807) is 0 Å². The van der Waals surface area contributed by atoms with E-state index in [1.807, 2.05) is 27.7 Å². The summed E-state index contributed by atoms with van der Waals surface area (Å²) in [5.74, 6) is 0.596. The molecule has 0 spiro atoms. The Kier molecular flexibility index (Phi) is 6.48. The second kappa shape index (κ2) is 8.13. The number of hydrogen-bond donors (Lipinski definition) is 3. The Hall–Kier alpha value is -2.12. The monoisotopic (exact) mass is 282 g/mol. The summed E-state index contributed by atoms with van der Waals surface area (Å²) in [5.41, 5.74) is 0. The van der Waals surface area contributed by atoms with E-state index < -0.39 is 0 Å². The van der Waals surface area contributed by atoms with Crippen LogP contribution in [0.25, 0.3) is 0 Å². The summed E-state index contributed by atoms with van der Waals surface area (Å²) in [6.07, 6.45) is -0.0388. The highest BCUT2D eigenvalue weighted by Gasteiger charge is 2.09. The lowest BCUT2D eigenvalue weighted by Crippen LogP contribution is -2.30. The number of hydrogen-bond acceptors (Lipinski definition) is 7. The van der Waals surface area contributed by atoms with Gasteiger partial charge in [-0.25, -0.2) is 0 Å². The van der Waals surface area contributed by atoms with Gasteiger partial charge in [0, 0.05) is 13.1 Å². The van der Waals surface area contributed by atoms with Crippen LogP contribution in [0.3, 0.4) is 0 Å². The minimum atomic E-state index is -0.121. The molecule has 1 heterocycles. The van der Waals surface area contributed by atoms with Crippen molar-refractivity contribution in [3.8, 4) is 6.01 Å². The number of amides is 1. The lowest BCUT2D eigenvalue weighted by molar-refractivity contribution is -0.119. The fourth-order valence-corrected chi connectivity index (χ4v) is 1.36. The van der Waals surface area contributed by atoms with E-state index in [0.29, 0.717) is 25.0 Å². The van der Waals surface area contributed by atoms with Crippen LogP contribution in [0, 0.1) is 0 Å². The van der Waals surface area contributed by atoms with Crippen molar-refractivity contribution in [2.24, 2.45) is 0 Å². The molecule has 112 valence electrons. The molecular formula is C12H22N6O2. The van der Waals surface area contributed by atoms with Crippen molar-refractivity contribution in [3.63, 3.8) is 0 Å². The van der Waals surface area contributed by atoms with Crippen LogP contribution in [-0.2, 0) is 4.79 Å². The third kappa shape index (κ3) is 5.68. The molecule has 0 aliphatic carbocycles. The maximum Gasteiger partial charge on any atom is 0.323 e. The molecule has 0 aliphatic rings. The Balaban J connectivity index is 2.77. The predicted octanol–water partition coefficient (Wildman–Crippen LogP) is 0.639. The van der Waals surface area contributed by atoms with Crippen LogP contribution in [0.15, 0.2) is 0 Å². The SMILES string of the molecule is CCNC(=O)CNc1nc(NCC)nc(OC(C)C)n1. The van der Waals surface area contributed by atoms with Crippen LogP contribution in [0.5, 0.6) is 6.01 Å². The van der Waals surface area contributed by atoms with Crippen molar-refractivity contribution >= 4 is 17.8 Å². The number of rotatable bonds is 8. The molecular weight excluding hydrogens is 260 g/mol. The molecule has 0 fully saturated rings. The first-order valence-corrected chi connectivity index (χ1v) is 6.72. The minimum absolute atomic E-state index is 0.0388. The maximum atomic E-state index is 11.4. The van der Waals surface area contributed by atoms with Gasteiger partial charge in [-0.15, -0.1) is 0 Å². The molecule has 0 aromatic carbocycles. The number of carbonyl (C=O) groups is 1. The second-order valence-electron chi connectivity index (χ2n) is 4.27. The number of carbonyl (C=O) groups excluding carboxylic acids is 1. The largest absolute Gasteiger partial charge is 0.461 e. The van der Waals surface area contributed by atoms with E-state index in [-0.39, 0.29) is 24.6 Å². The Morgan fingerprint density at radius 1 is 1.10 bits per heavy atom. The number of likely N-dealkylation sites (N-methyl/N-ethyl adjacent to an activating group) is 1. The molecule has 1 amide bonds. The van der Waals surface area contributed by atoms with Gasteiger partial charge in [0.05, 0.1) is 12.6 Å². The van der Waals surface area contributed by atoms with Crippen LogP contribution in [0.4, 0.5) is 11.9 Å². The highest BCUT2D eigenvalue weighted by Crippen LogP contribution is 2.12. The van der Waals surface area contributed by atoms with Gasteiger partial charge in [0.25, 0.3) is 0 Å². The molecule has 0 atom stereocenters. The smallest absolute Gasteiger partial charge is 0.323 e. The van der Waals surface area contributed by atoms with E-state index in [2.05, 4.69) is 30.9 Å². The highest BCUT2D eigenvalue weighted by atomic mass is 16.5. The first-order valence-electron chi connectivity index (χ1n) is 6.72. The van der Waals surface area contributed by atoms with Crippen LogP contribution >= 0.6 is 0 Å². The van der Waals surface area contributed by atoms with Crippen LogP contribution in [0.2, 0.25) is 0 Å². The van der Waals surface area contributed by atoms with Gasteiger partial charge in [0.2, 0.25) is 17.8 Å². The molecule has 0 saturated carbocycles. The molecule has 1 rings (SSSR count). The van der Waals surface area contributed by atoms with Gasteiger partial charge in [-0.05, 0) is 27.7 Å². The zero-order valence-corrected chi connectivity index (χ0v) is 12.4.